The molecule has 1 aromatic rings. The maximum absolute atomic E-state index is 11.3. The summed E-state index contributed by atoms with van der Waals surface area (Å²) >= 11 is 3.43. The first-order valence-electron chi connectivity index (χ1n) is 5.78. The Morgan fingerprint density at radius 2 is 2.12 bits per heavy atom. The number of anilines is 1. The van der Waals surface area contributed by atoms with Crippen LogP contribution in [0.25, 0.3) is 0 Å². The zero-order chi connectivity index (χ0) is 12.3. The van der Waals surface area contributed by atoms with Crippen LogP contribution in [0.1, 0.15) is 13.3 Å². The number of amides is 1. The van der Waals surface area contributed by atoms with Gasteiger partial charge in [-0.25, -0.2) is 0 Å². The van der Waals surface area contributed by atoms with Gasteiger partial charge in [-0.15, -0.1) is 0 Å². The van der Waals surface area contributed by atoms with E-state index in [4.69, 9.17) is 0 Å². The summed E-state index contributed by atoms with van der Waals surface area (Å²) in [6.45, 7) is 5.13. The standard InChI is InChI=1S/C12H16BrN3O/c1-10(17)15-3-2-4-16(6-5-15)12-7-11(13)8-14-9-12/h7-9H,2-6H2,1H3. The van der Waals surface area contributed by atoms with Crippen LogP contribution in [0.3, 0.4) is 0 Å². The first kappa shape index (κ1) is 12.4. The Labute approximate surface area is 110 Å². The molecule has 0 aliphatic carbocycles. The topological polar surface area (TPSA) is 36.4 Å². The summed E-state index contributed by atoms with van der Waals surface area (Å²) in [6, 6.07) is 2.07. The average Bonchev–Trinajstić information content (AvgIpc) is 2.54. The molecule has 92 valence electrons. The third-order valence-electron chi connectivity index (χ3n) is 3.00. The number of nitrogens with zero attached hydrogens (tertiary/aromatic N) is 3. The smallest absolute Gasteiger partial charge is 0.219 e. The third-order valence-corrected chi connectivity index (χ3v) is 3.43. The highest BCUT2D eigenvalue weighted by atomic mass is 79.9. The fraction of sp³-hybridized carbons (Fsp3) is 0.500. The SMILES string of the molecule is CC(=O)N1CCCN(c2cncc(Br)c2)CC1. The Morgan fingerprint density at radius 1 is 1.29 bits per heavy atom. The van der Waals surface area contributed by atoms with Gasteiger partial charge < -0.3 is 9.80 Å². The second kappa shape index (κ2) is 5.49. The van der Waals surface area contributed by atoms with E-state index in [1.807, 2.05) is 11.1 Å². The van der Waals surface area contributed by atoms with Crippen LogP contribution >= 0.6 is 15.9 Å². The van der Waals surface area contributed by atoms with E-state index in [2.05, 4.69) is 31.9 Å². The van der Waals surface area contributed by atoms with Gasteiger partial charge in [0.2, 0.25) is 5.91 Å². The molecule has 0 N–H and O–H groups in total. The maximum Gasteiger partial charge on any atom is 0.219 e. The summed E-state index contributed by atoms with van der Waals surface area (Å²) in [4.78, 5) is 19.7. The van der Waals surface area contributed by atoms with Gasteiger partial charge in [0.05, 0.1) is 11.9 Å². The molecular formula is C12H16BrN3O. The van der Waals surface area contributed by atoms with Crippen molar-refractivity contribution in [2.75, 3.05) is 31.1 Å². The second-order valence-electron chi connectivity index (χ2n) is 4.21. The lowest BCUT2D eigenvalue weighted by Crippen LogP contribution is -2.33. The van der Waals surface area contributed by atoms with Gasteiger partial charge in [-0.2, -0.15) is 0 Å². The second-order valence-corrected chi connectivity index (χ2v) is 5.12. The van der Waals surface area contributed by atoms with Gasteiger partial charge in [-0.1, -0.05) is 0 Å². The van der Waals surface area contributed by atoms with Crippen molar-refractivity contribution < 1.29 is 4.79 Å². The molecule has 1 aliphatic heterocycles. The molecule has 17 heavy (non-hydrogen) atoms. The van der Waals surface area contributed by atoms with Crippen molar-refractivity contribution in [2.45, 2.75) is 13.3 Å². The summed E-state index contributed by atoms with van der Waals surface area (Å²) in [5.74, 6) is 0.166. The van der Waals surface area contributed by atoms with Crippen molar-refractivity contribution in [3.63, 3.8) is 0 Å². The number of halogens is 1. The monoisotopic (exact) mass is 297 g/mol. The quantitative estimate of drug-likeness (QED) is 0.794. The number of carbonyl (C=O) groups is 1. The van der Waals surface area contributed by atoms with Crippen molar-refractivity contribution in [3.8, 4) is 0 Å². The minimum Gasteiger partial charge on any atom is -0.368 e. The number of carbonyl (C=O) groups excluding carboxylic acids is 1. The van der Waals surface area contributed by atoms with E-state index < -0.39 is 0 Å². The first-order valence-corrected chi connectivity index (χ1v) is 6.57. The molecule has 0 bridgehead atoms. The van der Waals surface area contributed by atoms with Crippen LogP contribution in [0.5, 0.6) is 0 Å². The summed E-state index contributed by atoms with van der Waals surface area (Å²) in [6.07, 6.45) is 4.66. The number of aromatic nitrogens is 1. The molecule has 1 aromatic heterocycles. The van der Waals surface area contributed by atoms with Gasteiger partial charge in [0, 0.05) is 43.8 Å². The molecule has 1 amide bonds. The molecule has 0 spiro atoms. The third kappa shape index (κ3) is 3.19. The molecule has 0 radical (unpaired) electrons. The molecule has 4 nitrogen and oxygen atoms in total. The predicted molar refractivity (Wildman–Crippen MR) is 71.0 cm³/mol. The number of hydrogen-bond donors (Lipinski definition) is 0. The highest BCUT2D eigenvalue weighted by molar-refractivity contribution is 9.10. The Kier molecular flexibility index (Phi) is 3.99. The van der Waals surface area contributed by atoms with Crippen molar-refractivity contribution in [3.05, 3.63) is 22.9 Å². The minimum atomic E-state index is 0.166. The van der Waals surface area contributed by atoms with Crippen LogP contribution in [0.4, 0.5) is 5.69 Å². The molecule has 0 unspecified atom stereocenters. The number of rotatable bonds is 1. The summed E-state index contributed by atoms with van der Waals surface area (Å²) in [5.41, 5.74) is 1.12. The summed E-state index contributed by atoms with van der Waals surface area (Å²) in [7, 11) is 0. The zero-order valence-electron chi connectivity index (χ0n) is 9.90. The number of pyridine rings is 1. The molecular weight excluding hydrogens is 282 g/mol. The molecule has 0 aromatic carbocycles. The van der Waals surface area contributed by atoms with E-state index in [1.54, 1.807) is 13.1 Å². The van der Waals surface area contributed by atoms with E-state index in [0.717, 1.165) is 42.8 Å². The number of hydrogen-bond acceptors (Lipinski definition) is 3. The highest BCUT2D eigenvalue weighted by Gasteiger charge is 2.16. The molecule has 0 saturated carbocycles. The van der Waals surface area contributed by atoms with Gasteiger partial charge in [-0.3, -0.25) is 9.78 Å². The maximum atomic E-state index is 11.3. The van der Waals surface area contributed by atoms with Crippen molar-refractivity contribution >= 4 is 27.5 Å². The zero-order valence-corrected chi connectivity index (χ0v) is 11.5. The van der Waals surface area contributed by atoms with E-state index in [1.165, 1.54) is 0 Å². The Bertz CT molecular complexity index is 410. The molecule has 2 heterocycles. The lowest BCUT2D eigenvalue weighted by Gasteiger charge is -2.23. The summed E-state index contributed by atoms with van der Waals surface area (Å²) in [5, 5.41) is 0. The van der Waals surface area contributed by atoms with Crippen LogP contribution in [-0.4, -0.2) is 42.0 Å². The van der Waals surface area contributed by atoms with E-state index in [-0.39, 0.29) is 5.91 Å². The molecule has 5 heteroatoms. The van der Waals surface area contributed by atoms with Crippen LogP contribution in [0, 0.1) is 0 Å². The predicted octanol–water partition coefficient (Wildman–Crippen LogP) is 1.90. The van der Waals surface area contributed by atoms with Gasteiger partial charge in [-0.05, 0) is 28.4 Å². The lowest BCUT2D eigenvalue weighted by atomic mass is 10.3. The summed E-state index contributed by atoms with van der Waals surface area (Å²) < 4.78 is 0.989. The van der Waals surface area contributed by atoms with Crippen LogP contribution in [0.15, 0.2) is 22.9 Å². The van der Waals surface area contributed by atoms with Crippen LogP contribution in [0.2, 0.25) is 0 Å². The van der Waals surface area contributed by atoms with Gasteiger partial charge in [0.1, 0.15) is 0 Å². The fourth-order valence-electron chi connectivity index (χ4n) is 2.06. The largest absolute Gasteiger partial charge is 0.368 e. The Balaban J connectivity index is 2.06. The Morgan fingerprint density at radius 3 is 2.82 bits per heavy atom. The van der Waals surface area contributed by atoms with Crippen molar-refractivity contribution in [1.29, 1.82) is 0 Å². The van der Waals surface area contributed by atoms with Gasteiger partial charge >= 0.3 is 0 Å². The van der Waals surface area contributed by atoms with Crippen molar-refractivity contribution in [2.24, 2.45) is 0 Å². The van der Waals surface area contributed by atoms with Crippen LogP contribution in [-0.2, 0) is 4.79 Å². The fourth-order valence-corrected chi connectivity index (χ4v) is 2.42. The van der Waals surface area contributed by atoms with E-state index >= 15 is 0 Å². The lowest BCUT2D eigenvalue weighted by molar-refractivity contribution is -0.128. The normalized spacial score (nSPS) is 16.8. The first-order chi connectivity index (χ1) is 8.16. The molecule has 0 atom stereocenters. The average molecular weight is 298 g/mol. The molecule has 1 aliphatic rings. The van der Waals surface area contributed by atoms with Crippen LogP contribution < -0.4 is 4.90 Å². The molecule has 1 saturated heterocycles. The molecule has 2 rings (SSSR count). The van der Waals surface area contributed by atoms with Crippen molar-refractivity contribution in [1.82, 2.24) is 9.88 Å². The minimum absolute atomic E-state index is 0.166. The van der Waals surface area contributed by atoms with E-state index in [9.17, 15) is 4.79 Å². The van der Waals surface area contributed by atoms with Gasteiger partial charge in [0.25, 0.3) is 0 Å². The highest BCUT2D eigenvalue weighted by Crippen LogP contribution is 2.19. The van der Waals surface area contributed by atoms with Gasteiger partial charge in [0.15, 0.2) is 0 Å². The Hall–Kier alpha value is -1.10. The molecule has 1 fully saturated rings. The van der Waals surface area contributed by atoms with E-state index in [0.29, 0.717) is 0 Å².